The number of nitrogens with one attached hydrogen (secondary N) is 1. The Balaban J connectivity index is 1.46. The second-order valence-electron chi connectivity index (χ2n) is 6.49. The first kappa shape index (κ1) is 18.1. The number of hydrogen-bond acceptors (Lipinski definition) is 3. The maximum Gasteiger partial charge on any atom is 0.222 e. The maximum atomic E-state index is 13.0. The Morgan fingerprint density at radius 3 is 2.81 bits per heavy atom. The molecular weight excluding hydrogens is 335 g/mol. The molecule has 2 amide bonds. The highest BCUT2D eigenvalue weighted by Gasteiger charge is 2.17. The van der Waals surface area contributed by atoms with Crippen molar-refractivity contribution in [2.75, 3.05) is 13.1 Å². The summed E-state index contributed by atoms with van der Waals surface area (Å²) in [5.74, 6) is -0.233. The number of benzene rings is 1. The largest absolute Gasteiger partial charge is 0.352 e. The molecule has 3 rings (SSSR count). The van der Waals surface area contributed by atoms with Crippen LogP contribution in [-0.4, -0.2) is 39.6 Å². The molecule has 0 aliphatic carbocycles. The van der Waals surface area contributed by atoms with Crippen LogP contribution < -0.4 is 5.32 Å². The van der Waals surface area contributed by atoms with Gasteiger partial charge in [0, 0.05) is 44.2 Å². The van der Waals surface area contributed by atoms with Crippen LogP contribution >= 0.6 is 0 Å². The molecule has 2 heterocycles. The van der Waals surface area contributed by atoms with E-state index in [1.807, 2.05) is 0 Å². The lowest BCUT2D eigenvalue weighted by molar-refractivity contribution is -0.131. The Labute approximate surface area is 152 Å². The highest BCUT2D eigenvalue weighted by molar-refractivity contribution is 5.79. The van der Waals surface area contributed by atoms with Crippen LogP contribution in [0.5, 0.6) is 0 Å². The standard InChI is InChI=1S/C19H23FN4O2/c20-16-5-7-17(8-6-16)24-14-15(13-22-24)12-21-18(25)9-11-23-10-3-1-2-4-19(23)26/h5-8,13-14H,1-4,9-12H2,(H,21,25). The maximum absolute atomic E-state index is 13.0. The number of likely N-dealkylation sites (tertiary alicyclic amines) is 1. The first-order valence-electron chi connectivity index (χ1n) is 8.96. The van der Waals surface area contributed by atoms with Gasteiger partial charge < -0.3 is 10.2 Å². The zero-order valence-corrected chi connectivity index (χ0v) is 14.7. The van der Waals surface area contributed by atoms with Crippen molar-refractivity contribution < 1.29 is 14.0 Å². The minimum Gasteiger partial charge on any atom is -0.352 e. The van der Waals surface area contributed by atoms with E-state index in [2.05, 4.69) is 10.4 Å². The summed E-state index contributed by atoms with van der Waals surface area (Å²) in [6.07, 6.45) is 7.39. The van der Waals surface area contributed by atoms with Gasteiger partial charge >= 0.3 is 0 Å². The third-order valence-electron chi connectivity index (χ3n) is 4.50. The van der Waals surface area contributed by atoms with Crippen LogP contribution in [0.4, 0.5) is 4.39 Å². The molecule has 1 N–H and O–H groups in total. The van der Waals surface area contributed by atoms with Crippen LogP contribution in [0.1, 0.15) is 37.7 Å². The van der Waals surface area contributed by atoms with Crippen LogP contribution in [0.3, 0.4) is 0 Å². The molecule has 1 fully saturated rings. The molecule has 0 bridgehead atoms. The highest BCUT2D eigenvalue weighted by Crippen LogP contribution is 2.12. The minimum atomic E-state index is -0.295. The molecule has 7 heteroatoms. The van der Waals surface area contributed by atoms with Crippen molar-refractivity contribution in [3.8, 4) is 5.69 Å². The molecule has 26 heavy (non-hydrogen) atoms. The number of carbonyl (C=O) groups is 2. The summed E-state index contributed by atoms with van der Waals surface area (Å²) >= 11 is 0. The molecule has 1 saturated heterocycles. The van der Waals surface area contributed by atoms with Crippen LogP contribution in [0, 0.1) is 5.82 Å². The van der Waals surface area contributed by atoms with E-state index in [4.69, 9.17) is 0 Å². The lowest BCUT2D eigenvalue weighted by Crippen LogP contribution is -2.34. The summed E-state index contributed by atoms with van der Waals surface area (Å²) in [6, 6.07) is 6.04. The lowest BCUT2D eigenvalue weighted by Gasteiger charge is -2.19. The van der Waals surface area contributed by atoms with E-state index in [0.717, 1.165) is 37.1 Å². The Kier molecular flexibility index (Phi) is 5.99. The van der Waals surface area contributed by atoms with Gasteiger partial charge in [0.05, 0.1) is 11.9 Å². The zero-order valence-electron chi connectivity index (χ0n) is 14.7. The molecule has 138 valence electrons. The number of aromatic nitrogens is 2. The van der Waals surface area contributed by atoms with Gasteiger partial charge in [-0.05, 0) is 37.1 Å². The van der Waals surface area contributed by atoms with Gasteiger partial charge in [-0.1, -0.05) is 6.42 Å². The summed E-state index contributed by atoms with van der Waals surface area (Å²) in [7, 11) is 0. The van der Waals surface area contributed by atoms with Crippen LogP contribution in [0.2, 0.25) is 0 Å². The van der Waals surface area contributed by atoms with Crippen LogP contribution in [0.15, 0.2) is 36.7 Å². The van der Waals surface area contributed by atoms with Gasteiger partial charge in [0.15, 0.2) is 0 Å². The molecule has 0 saturated carbocycles. The average molecular weight is 358 g/mol. The van der Waals surface area contributed by atoms with Crippen LogP contribution in [-0.2, 0) is 16.1 Å². The van der Waals surface area contributed by atoms with Crippen molar-refractivity contribution in [3.05, 3.63) is 48.0 Å². The number of nitrogens with zero attached hydrogens (tertiary/aromatic N) is 3. The summed E-state index contributed by atoms with van der Waals surface area (Å²) in [4.78, 5) is 25.8. The first-order valence-corrected chi connectivity index (χ1v) is 8.96. The highest BCUT2D eigenvalue weighted by atomic mass is 19.1. The summed E-state index contributed by atoms with van der Waals surface area (Å²) < 4.78 is 14.6. The Morgan fingerprint density at radius 1 is 1.19 bits per heavy atom. The molecule has 1 aliphatic heterocycles. The number of amides is 2. The predicted octanol–water partition coefficient (Wildman–Crippen LogP) is 2.42. The average Bonchev–Trinajstić information content (AvgIpc) is 3.02. The molecule has 0 atom stereocenters. The van der Waals surface area contributed by atoms with Gasteiger partial charge in [-0.15, -0.1) is 0 Å². The van der Waals surface area contributed by atoms with Crippen molar-refractivity contribution in [1.29, 1.82) is 0 Å². The number of rotatable bonds is 6. The molecule has 2 aromatic rings. The van der Waals surface area contributed by atoms with E-state index >= 15 is 0 Å². The Morgan fingerprint density at radius 2 is 2.00 bits per heavy atom. The van der Waals surface area contributed by atoms with Gasteiger partial charge in [-0.2, -0.15) is 5.10 Å². The second kappa shape index (κ2) is 8.60. The third kappa shape index (κ3) is 4.91. The zero-order chi connectivity index (χ0) is 18.4. The van der Waals surface area contributed by atoms with E-state index in [9.17, 15) is 14.0 Å². The SMILES string of the molecule is O=C(CCN1CCCCCC1=O)NCc1cnn(-c2ccc(F)cc2)c1. The lowest BCUT2D eigenvalue weighted by atomic mass is 10.2. The topological polar surface area (TPSA) is 67.2 Å². The van der Waals surface area contributed by atoms with E-state index < -0.39 is 0 Å². The minimum absolute atomic E-state index is 0.0865. The predicted molar refractivity (Wildman–Crippen MR) is 95.0 cm³/mol. The molecule has 1 aromatic heterocycles. The van der Waals surface area contributed by atoms with E-state index in [1.165, 1.54) is 12.1 Å². The second-order valence-corrected chi connectivity index (χ2v) is 6.49. The van der Waals surface area contributed by atoms with Crippen molar-refractivity contribution in [2.24, 2.45) is 0 Å². The van der Waals surface area contributed by atoms with Crippen LogP contribution in [0.25, 0.3) is 5.69 Å². The Bertz CT molecular complexity index is 757. The van der Waals surface area contributed by atoms with Crippen molar-refractivity contribution >= 4 is 11.8 Å². The van der Waals surface area contributed by atoms with Gasteiger partial charge in [-0.25, -0.2) is 9.07 Å². The summed E-state index contributed by atoms with van der Waals surface area (Å²) in [6.45, 7) is 1.59. The molecule has 1 aliphatic rings. The fourth-order valence-electron chi connectivity index (χ4n) is 2.99. The van der Waals surface area contributed by atoms with Gasteiger partial charge in [0.1, 0.15) is 5.82 Å². The summed E-state index contributed by atoms with van der Waals surface area (Å²) in [5, 5.41) is 7.08. The van der Waals surface area contributed by atoms with Crippen molar-refractivity contribution in [3.63, 3.8) is 0 Å². The fraction of sp³-hybridized carbons (Fsp3) is 0.421. The van der Waals surface area contributed by atoms with E-state index in [1.54, 1.807) is 34.1 Å². The molecule has 0 unspecified atom stereocenters. The molecule has 0 spiro atoms. The van der Waals surface area contributed by atoms with Gasteiger partial charge in [-0.3, -0.25) is 9.59 Å². The molecular formula is C19H23FN4O2. The van der Waals surface area contributed by atoms with Crippen molar-refractivity contribution in [2.45, 2.75) is 38.6 Å². The molecule has 6 nitrogen and oxygen atoms in total. The fourth-order valence-corrected chi connectivity index (χ4v) is 2.99. The monoisotopic (exact) mass is 358 g/mol. The number of carbonyl (C=O) groups excluding carboxylic acids is 2. The normalized spacial score (nSPS) is 15.0. The van der Waals surface area contributed by atoms with Crippen molar-refractivity contribution in [1.82, 2.24) is 20.0 Å². The van der Waals surface area contributed by atoms with E-state index in [-0.39, 0.29) is 17.6 Å². The number of hydrogen-bond donors (Lipinski definition) is 1. The smallest absolute Gasteiger partial charge is 0.222 e. The third-order valence-corrected chi connectivity index (χ3v) is 4.50. The van der Waals surface area contributed by atoms with Gasteiger partial charge in [0.25, 0.3) is 0 Å². The molecule has 0 radical (unpaired) electrons. The van der Waals surface area contributed by atoms with Gasteiger partial charge in [0.2, 0.25) is 11.8 Å². The quantitative estimate of drug-likeness (QED) is 0.862. The van der Waals surface area contributed by atoms with E-state index in [0.29, 0.717) is 25.9 Å². The summed E-state index contributed by atoms with van der Waals surface area (Å²) in [5.41, 5.74) is 1.61. The molecule has 1 aromatic carbocycles. The first-order chi connectivity index (χ1) is 12.6. The number of halogens is 1. The Hall–Kier alpha value is -2.70.